The van der Waals surface area contributed by atoms with Gasteiger partial charge in [-0.3, -0.25) is 0 Å². The van der Waals surface area contributed by atoms with Crippen molar-refractivity contribution in [1.82, 2.24) is 0 Å². The molecule has 0 amide bonds. The number of carbonyl (C=O) groups excluding carboxylic acids is 1. The second-order valence-corrected chi connectivity index (χ2v) is 3.03. The second-order valence-electron chi connectivity index (χ2n) is 3.03. The Morgan fingerprint density at radius 3 is 2.55 bits per heavy atom. The van der Waals surface area contributed by atoms with Gasteiger partial charge in [0.1, 0.15) is 6.10 Å². The zero-order chi connectivity index (χ0) is 8.43. The zero-order valence-electron chi connectivity index (χ0n) is 6.86. The van der Waals surface area contributed by atoms with E-state index in [0.29, 0.717) is 6.29 Å². The molecule has 3 heteroatoms. The molecule has 1 saturated heterocycles. The number of carbonyl (C=O) groups is 1. The Bertz CT molecular complexity index is 146. The van der Waals surface area contributed by atoms with Crippen LogP contribution >= 0.6 is 0 Å². The Morgan fingerprint density at radius 1 is 1.64 bits per heavy atom. The van der Waals surface area contributed by atoms with Gasteiger partial charge in [0.15, 0.2) is 6.29 Å². The fourth-order valence-corrected chi connectivity index (χ4v) is 1.51. The summed E-state index contributed by atoms with van der Waals surface area (Å²) in [5.74, 6) is 0.0789. The molecule has 0 saturated carbocycles. The van der Waals surface area contributed by atoms with Crippen LogP contribution in [0.25, 0.3) is 0 Å². The maximum absolute atomic E-state index is 10.3. The van der Waals surface area contributed by atoms with Crippen molar-refractivity contribution in [3.63, 3.8) is 0 Å². The highest BCUT2D eigenvalue weighted by Gasteiger charge is 2.39. The van der Waals surface area contributed by atoms with E-state index in [0.717, 1.165) is 6.42 Å². The number of hydrogen-bond donors (Lipinski definition) is 1. The third-order valence-electron chi connectivity index (χ3n) is 2.33. The molecule has 1 fully saturated rings. The highest BCUT2D eigenvalue weighted by molar-refractivity contribution is 5.57. The minimum atomic E-state index is -0.613. The molecule has 1 aliphatic heterocycles. The second kappa shape index (κ2) is 3.32. The summed E-state index contributed by atoms with van der Waals surface area (Å²) in [5.41, 5.74) is 0. The maximum Gasteiger partial charge on any atom is 0.151 e. The van der Waals surface area contributed by atoms with Gasteiger partial charge in [0.2, 0.25) is 0 Å². The Balaban J connectivity index is 2.60. The molecule has 0 aliphatic carbocycles. The van der Waals surface area contributed by atoms with Gasteiger partial charge in [0.05, 0.1) is 12.2 Å². The van der Waals surface area contributed by atoms with E-state index >= 15 is 0 Å². The predicted molar refractivity (Wildman–Crippen MR) is 40.2 cm³/mol. The van der Waals surface area contributed by atoms with Crippen LogP contribution in [0.4, 0.5) is 0 Å². The number of aliphatic hydroxyl groups excluding tert-OH is 1. The Hall–Kier alpha value is -0.410. The van der Waals surface area contributed by atoms with Crippen molar-refractivity contribution < 1.29 is 14.6 Å². The molecule has 0 aromatic carbocycles. The molecule has 11 heavy (non-hydrogen) atoms. The lowest BCUT2D eigenvalue weighted by molar-refractivity contribution is -0.120. The molecule has 1 N–H and O–H groups in total. The Kier molecular flexibility index (Phi) is 2.62. The minimum Gasteiger partial charge on any atom is -0.390 e. The van der Waals surface area contributed by atoms with Crippen molar-refractivity contribution >= 4 is 6.29 Å². The molecular weight excluding hydrogens is 144 g/mol. The predicted octanol–water partition coefficient (Wildman–Crippen LogP) is 0.360. The first-order valence-corrected chi connectivity index (χ1v) is 3.99. The van der Waals surface area contributed by atoms with Gasteiger partial charge in [0.25, 0.3) is 0 Å². The highest BCUT2D eigenvalue weighted by atomic mass is 16.5. The number of ether oxygens (including phenoxy) is 1. The molecule has 0 aromatic rings. The summed E-state index contributed by atoms with van der Waals surface area (Å²) in [4.78, 5) is 10.3. The molecule has 0 spiro atoms. The summed E-state index contributed by atoms with van der Waals surface area (Å²) in [6.07, 6.45) is 0.354. The highest BCUT2D eigenvalue weighted by Crippen LogP contribution is 2.27. The quantitative estimate of drug-likeness (QED) is 0.590. The van der Waals surface area contributed by atoms with Gasteiger partial charge < -0.3 is 14.6 Å². The minimum absolute atomic E-state index is 0.0419. The molecule has 1 aliphatic rings. The van der Waals surface area contributed by atoms with Crippen LogP contribution in [-0.2, 0) is 9.53 Å². The topological polar surface area (TPSA) is 46.5 Å². The van der Waals surface area contributed by atoms with Crippen molar-refractivity contribution in [2.45, 2.75) is 38.6 Å². The molecule has 3 nitrogen and oxygen atoms in total. The van der Waals surface area contributed by atoms with Gasteiger partial charge >= 0.3 is 0 Å². The van der Waals surface area contributed by atoms with E-state index in [-0.39, 0.29) is 12.0 Å². The van der Waals surface area contributed by atoms with Crippen LogP contribution in [0.5, 0.6) is 0 Å². The van der Waals surface area contributed by atoms with E-state index in [9.17, 15) is 9.90 Å². The smallest absolute Gasteiger partial charge is 0.151 e. The fourth-order valence-electron chi connectivity index (χ4n) is 1.51. The van der Waals surface area contributed by atoms with E-state index in [2.05, 4.69) is 0 Å². The van der Waals surface area contributed by atoms with Crippen molar-refractivity contribution in [2.75, 3.05) is 0 Å². The van der Waals surface area contributed by atoms with E-state index < -0.39 is 12.2 Å². The third-order valence-corrected chi connectivity index (χ3v) is 2.33. The van der Waals surface area contributed by atoms with Crippen LogP contribution in [0.2, 0.25) is 0 Å². The van der Waals surface area contributed by atoms with Crippen molar-refractivity contribution in [1.29, 1.82) is 0 Å². The first kappa shape index (κ1) is 8.68. The SMILES string of the molecule is CCC1OC(C=O)C(O)C1C. The first-order chi connectivity index (χ1) is 5.20. The molecule has 64 valence electrons. The van der Waals surface area contributed by atoms with Gasteiger partial charge in [-0.2, -0.15) is 0 Å². The van der Waals surface area contributed by atoms with Crippen LogP contribution in [0, 0.1) is 5.92 Å². The molecule has 4 atom stereocenters. The van der Waals surface area contributed by atoms with Crippen LogP contribution in [0.3, 0.4) is 0 Å². The van der Waals surface area contributed by atoms with Gasteiger partial charge in [-0.25, -0.2) is 0 Å². The largest absolute Gasteiger partial charge is 0.390 e. The molecule has 0 aromatic heterocycles. The lowest BCUT2D eigenvalue weighted by Gasteiger charge is -2.11. The summed E-state index contributed by atoms with van der Waals surface area (Å²) in [7, 11) is 0. The van der Waals surface area contributed by atoms with Crippen molar-refractivity contribution in [2.24, 2.45) is 5.92 Å². The Morgan fingerprint density at radius 2 is 2.27 bits per heavy atom. The van der Waals surface area contributed by atoms with Crippen LogP contribution in [0.15, 0.2) is 0 Å². The van der Waals surface area contributed by atoms with E-state index in [1.54, 1.807) is 0 Å². The standard InChI is InChI=1S/C8H14O3/c1-3-6-5(2)8(10)7(4-9)11-6/h4-8,10H,3H2,1-2H3. The molecule has 0 radical (unpaired) electrons. The molecule has 4 unspecified atom stereocenters. The number of aldehydes is 1. The third kappa shape index (κ3) is 1.44. The summed E-state index contributed by atoms with van der Waals surface area (Å²) in [6.45, 7) is 3.89. The summed E-state index contributed by atoms with van der Waals surface area (Å²) >= 11 is 0. The zero-order valence-corrected chi connectivity index (χ0v) is 6.86. The van der Waals surface area contributed by atoms with E-state index in [1.807, 2.05) is 13.8 Å². The monoisotopic (exact) mass is 158 g/mol. The first-order valence-electron chi connectivity index (χ1n) is 3.99. The number of rotatable bonds is 2. The van der Waals surface area contributed by atoms with Gasteiger partial charge in [-0.05, 0) is 6.42 Å². The Labute approximate surface area is 66.4 Å². The van der Waals surface area contributed by atoms with E-state index in [1.165, 1.54) is 0 Å². The van der Waals surface area contributed by atoms with Gasteiger partial charge in [-0.15, -0.1) is 0 Å². The van der Waals surface area contributed by atoms with E-state index in [4.69, 9.17) is 4.74 Å². The summed E-state index contributed by atoms with van der Waals surface area (Å²) in [6, 6.07) is 0. The average molecular weight is 158 g/mol. The lowest BCUT2D eigenvalue weighted by atomic mass is 9.97. The van der Waals surface area contributed by atoms with Crippen LogP contribution in [-0.4, -0.2) is 29.7 Å². The average Bonchev–Trinajstić information content (AvgIpc) is 2.30. The molecule has 1 heterocycles. The number of hydrogen-bond acceptors (Lipinski definition) is 3. The van der Waals surface area contributed by atoms with Crippen LogP contribution < -0.4 is 0 Å². The van der Waals surface area contributed by atoms with Gasteiger partial charge in [-0.1, -0.05) is 13.8 Å². The van der Waals surface area contributed by atoms with Gasteiger partial charge in [0, 0.05) is 5.92 Å². The normalized spacial score (nSPS) is 44.3. The van der Waals surface area contributed by atoms with Crippen molar-refractivity contribution in [3.05, 3.63) is 0 Å². The molecule has 0 bridgehead atoms. The summed E-state index contributed by atoms with van der Waals surface area (Å²) < 4.78 is 5.27. The fraction of sp³-hybridized carbons (Fsp3) is 0.875. The maximum atomic E-state index is 10.3. The van der Waals surface area contributed by atoms with Crippen LogP contribution in [0.1, 0.15) is 20.3 Å². The molecule has 1 rings (SSSR count). The summed E-state index contributed by atoms with van der Waals surface area (Å²) in [5, 5.41) is 9.40. The van der Waals surface area contributed by atoms with Crippen molar-refractivity contribution in [3.8, 4) is 0 Å². The molecular formula is C8H14O3. The number of aliphatic hydroxyl groups is 1. The lowest BCUT2D eigenvalue weighted by Crippen LogP contribution is -2.26.